The van der Waals surface area contributed by atoms with Crippen LogP contribution in [0.2, 0.25) is 0 Å². The molecule has 0 saturated carbocycles. The average molecular weight is 989 g/mol. The number of benzene rings is 6. The fraction of sp³-hybridized carbons (Fsp3) is 0.152. The van der Waals surface area contributed by atoms with E-state index in [4.69, 9.17) is 19.4 Å². The molecule has 0 aliphatic carbocycles. The van der Waals surface area contributed by atoms with E-state index in [1.54, 1.807) is 12.4 Å². The topological polar surface area (TPSA) is 102 Å². The van der Waals surface area contributed by atoms with E-state index in [0.29, 0.717) is 64.0 Å². The molecule has 0 spiro atoms. The number of pyridine rings is 2. The molecule has 0 aliphatic rings. The standard InChI is InChI=1S/C66H58B2N6O2/c1-5-47(3)45-75-55-38-36-49(37-39-55)63-61-62(66(58(44-70)60-35-20-22-41-72-60)73(63)67(51-25-11-7-12-26-51)52-27-13-8-14-28-52)64(50-24-23-33-56(42-50)76-46-48(4)6-2)74(65(61)57(43-69)59-34-19-21-40-71-59)68(53-29-15-9-16-30-53)54-31-17-10-18-32-54/h7-42,47-48H,5-6,45-46H2,1-4H3/b65-57-,66-58-. The van der Waals surface area contributed by atoms with Gasteiger partial charge in [0.2, 0.25) is 0 Å². The Labute approximate surface area is 446 Å². The third-order valence-corrected chi connectivity index (χ3v) is 14.4. The van der Waals surface area contributed by atoms with Crippen LogP contribution in [0.5, 0.6) is 11.5 Å². The maximum Gasteiger partial charge on any atom is 0.328 e. The molecule has 0 bridgehead atoms. The molecular formula is C66H58B2N6O2. The number of hydrogen-bond donors (Lipinski definition) is 0. The molecule has 4 aromatic heterocycles. The highest BCUT2D eigenvalue weighted by Crippen LogP contribution is 2.38. The summed E-state index contributed by atoms with van der Waals surface area (Å²) in [5.74, 6) is 2.15. The van der Waals surface area contributed by atoms with Crippen molar-refractivity contribution in [3.05, 3.63) is 241 Å². The minimum atomic E-state index is -0.513. The van der Waals surface area contributed by atoms with Gasteiger partial charge in [0.05, 0.1) is 35.3 Å². The van der Waals surface area contributed by atoms with Crippen LogP contribution in [0.3, 0.4) is 0 Å². The van der Waals surface area contributed by atoms with E-state index in [-0.39, 0.29) is 0 Å². The predicted octanol–water partition coefficient (Wildman–Crippen LogP) is 10.2. The molecule has 76 heavy (non-hydrogen) atoms. The minimum absolute atomic E-state index is 0.326. The number of nitriles is 2. The van der Waals surface area contributed by atoms with Gasteiger partial charge in [0.25, 0.3) is 0 Å². The Morgan fingerprint density at radius 2 is 0.855 bits per heavy atom. The monoisotopic (exact) mass is 988 g/mol. The first-order valence-electron chi connectivity index (χ1n) is 26.3. The van der Waals surface area contributed by atoms with E-state index < -0.39 is 13.7 Å². The summed E-state index contributed by atoms with van der Waals surface area (Å²) in [7, 11) is 0. The van der Waals surface area contributed by atoms with Crippen molar-refractivity contribution in [1.29, 1.82) is 10.5 Å². The highest BCUT2D eigenvalue weighted by atomic mass is 16.5. The van der Waals surface area contributed by atoms with Gasteiger partial charge < -0.3 is 18.4 Å². The van der Waals surface area contributed by atoms with Crippen molar-refractivity contribution in [1.82, 2.24) is 18.9 Å². The minimum Gasteiger partial charge on any atom is -0.493 e. The smallest absolute Gasteiger partial charge is 0.328 e. The molecule has 2 atom stereocenters. The fourth-order valence-corrected chi connectivity index (χ4v) is 10.1. The average Bonchev–Trinajstić information content (AvgIpc) is 4.08. The van der Waals surface area contributed by atoms with Crippen molar-refractivity contribution in [2.24, 2.45) is 11.8 Å². The summed E-state index contributed by atoms with van der Waals surface area (Å²) in [6.07, 6.45) is 5.44. The second-order valence-electron chi connectivity index (χ2n) is 19.4. The molecule has 0 aliphatic heterocycles. The van der Waals surface area contributed by atoms with E-state index in [9.17, 15) is 10.5 Å². The lowest BCUT2D eigenvalue weighted by Crippen LogP contribution is -2.54. The van der Waals surface area contributed by atoms with Gasteiger partial charge >= 0.3 is 13.7 Å². The lowest BCUT2D eigenvalue weighted by molar-refractivity contribution is 0.256. The van der Waals surface area contributed by atoms with E-state index in [1.165, 1.54) is 0 Å². The van der Waals surface area contributed by atoms with Gasteiger partial charge in [-0.15, -0.1) is 0 Å². The summed E-state index contributed by atoms with van der Waals surface area (Å²) >= 11 is 0. The number of ether oxygens (including phenoxy) is 2. The Hall–Kier alpha value is -9.11. The third-order valence-electron chi connectivity index (χ3n) is 14.4. The van der Waals surface area contributed by atoms with Crippen LogP contribution in [0, 0.1) is 34.5 Å². The van der Waals surface area contributed by atoms with Crippen LogP contribution in [-0.4, -0.2) is 45.8 Å². The summed E-state index contributed by atoms with van der Waals surface area (Å²) < 4.78 is 17.8. The second kappa shape index (κ2) is 23.4. The number of aromatic nitrogens is 4. The first-order valence-corrected chi connectivity index (χ1v) is 26.3. The van der Waals surface area contributed by atoms with Crippen molar-refractivity contribution in [2.75, 3.05) is 13.2 Å². The lowest BCUT2D eigenvalue weighted by Gasteiger charge is -2.24. The fourth-order valence-electron chi connectivity index (χ4n) is 10.1. The van der Waals surface area contributed by atoms with Crippen LogP contribution in [0.1, 0.15) is 51.9 Å². The Bertz CT molecular complexity index is 3640. The second-order valence-corrected chi connectivity index (χ2v) is 19.4. The summed E-state index contributed by atoms with van der Waals surface area (Å²) in [4.78, 5) is 9.91. The van der Waals surface area contributed by atoms with E-state index in [0.717, 1.165) is 73.7 Å². The first-order chi connectivity index (χ1) is 37.4. The summed E-state index contributed by atoms with van der Waals surface area (Å²) in [6.45, 7) is 8.83. The molecule has 10 aromatic rings. The lowest BCUT2D eigenvalue weighted by atomic mass is 9.50. The molecule has 4 heterocycles. The van der Waals surface area contributed by atoms with Crippen LogP contribution in [0.15, 0.2) is 219 Å². The molecular weight excluding hydrogens is 930 g/mol. The van der Waals surface area contributed by atoms with Crippen LogP contribution in [0.25, 0.3) is 44.4 Å². The molecule has 2 unspecified atom stereocenters. The maximum absolute atomic E-state index is 12.1. The summed E-state index contributed by atoms with van der Waals surface area (Å²) in [5.41, 5.74) is 9.00. The van der Waals surface area contributed by atoms with E-state index >= 15 is 0 Å². The highest BCUT2D eigenvalue weighted by molar-refractivity contribution is 6.85. The molecule has 10 heteroatoms. The predicted molar refractivity (Wildman–Crippen MR) is 311 cm³/mol. The molecule has 0 radical (unpaired) electrons. The molecule has 0 N–H and O–H groups in total. The molecule has 8 nitrogen and oxygen atoms in total. The normalized spacial score (nSPS) is 12.7. The van der Waals surface area contributed by atoms with Gasteiger partial charge in [-0.05, 0) is 78.1 Å². The molecule has 0 saturated heterocycles. The van der Waals surface area contributed by atoms with Crippen LogP contribution >= 0.6 is 0 Å². The van der Waals surface area contributed by atoms with Crippen molar-refractivity contribution < 1.29 is 9.47 Å². The van der Waals surface area contributed by atoms with Crippen LogP contribution in [-0.2, 0) is 0 Å². The zero-order valence-electron chi connectivity index (χ0n) is 43.4. The molecule has 0 fully saturated rings. The third kappa shape index (κ3) is 10.2. The van der Waals surface area contributed by atoms with Gasteiger partial charge in [0.1, 0.15) is 34.8 Å². The summed E-state index contributed by atoms with van der Waals surface area (Å²) in [5, 5.41) is 26.9. The van der Waals surface area contributed by atoms with Gasteiger partial charge in [-0.3, -0.25) is 9.97 Å². The Morgan fingerprint density at radius 3 is 1.24 bits per heavy atom. The van der Waals surface area contributed by atoms with Crippen LogP contribution < -0.4 is 42.0 Å². The Kier molecular flexibility index (Phi) is 15.5. The van der Waals surface area contributed by atoms with Gasteiger partial charge in [0, 0.05) is 40.1 Å². The number of rotatable bonds is 18. The maximum atomic E-state index is 12.1. The van der Waals surface area contributed by atoms with Crippen molar-refractivity contribution >= 4 is 57.5 Å². The van der Waals surface area contributed by atoms with Gasteiger partial charge in [-0.25, -0.2) is 0 Å². The first kappa shape index (κ1) is 50.4. The Balaban J connectivity index is 1.54. The number of hydrogen-bond acceptors (Lipinski definition) is 6. The SMILES string of the molecule is CCC(C)COc1ccc(-c2c3/c(=C(\C#N)c4ccccn4)n(B(c4ccccc4)c4ccccc4)c(-c4cccc(OCC(C)CC)c4)c3/c(=C(\C#N)c3ccccn3)n2B(c2ccccc2)c2ccccc2)cc1. The van der Waals surface area contributed by atoms with Crippen molar-refractivity contribution in [3.63, 3.8) is 0 Å². The highest BCUT2D eigenvalue weighted by Gasteiger charge is 2.37. The van der Waals surface area contributed by atoms with Crippen LogP contribution in [0.4, 0.5) is 0 Å². The molecule has 0 amide bonds. The number of nitrogens with zero attached hydrogens (tertiary/aromatic N) is 6. The quantitative estimate of drug-likeness (QED) is 0.0794. The zero-order valence-corrected chi connectivity index (χ0v) is 43.4. The molecule has 10 rings (SSSR count). The summed E-state index contributed by atoms with van der Waals surface area (Å²) in [6, 6.07) is 75.3. The number of fused-ring (bicyclic) bond motifs is 1. The van der Waals surface area contributed by atoms with Gasteiger partial charge in [0.15, 0.2) is 0 Å². The zero-order chi connectivity index (χ0) is 52.4. The van der Waals surface area contributed by atoms with Gasteiger partial charge in [-0.2, -0.15) is 10.5 Å². The van der Waals surface area contributed by atoms with Gasteiger partial charge in [-0.1, -0.05) is 208 Å². The molecule has 6 aromatic carbocycles. The van der Waals surface area contributed by atoms with Crippen molar-refractivity contribution in [2.45, 2.75) is 40.5 Å². The van der Waals surface area contributed by atoms with E-state index in [2.05, 4.69) is 170 Å². The van der Waals surface area contributed by atoms with Crippen molar-refractivity contribution in [3.8, 4) is 46.2 Å². The van der Waals surface area contributed by atoms with E-state index in [1.807, 2.05) is 84.9 Å². The Morgan fingerprint density at radius 1 is 0.461 bits per heavy atom. The molecule has 370 valence electrons. The largest absolute Gasteiger partial charge is 0.493 e.